The van der Waals surface area contributed by atoms with Gasteiger partial charge in [0.05, 0.1) is 13.2 Å². The Morgan fingerprint density at radius 3 is 2.93 bits per heavy atom. The minimum absolute atomic E-state index is 0.600. The van der Waals surface area contributed by atoms with Gasteiger partial charge < -0.3 is 10.1 Å². The van der Waals surface area contributed by atoms with Crippen molar-refractivity contribution >= 4 is 0 Å². The summed E-state index contributed by atoms with van der Waals surface area (Å²) in [7, 11) is 2.09. The van der Waals surface area contributed by atoms with Gasteiger partial charge in [-0.15, -0.1) is 0 Å². The molecule has 1 saturated carbocycles. The lowest BCUT2D eigenvalue weighted by molar-refractivity contribution is -0.0251. The van der Waals surface area contributed by atoms with E-state index in [1.165, 1.54) is 19.3 Å². The summed E-state index contributed by atoms with van der Waals surface area (Å²) in [6, 6.07) is 2.05. The Hall–Kier alpha value is -0.120. The van der Waals surface area contributed by atoms with Gasteiger partial charge in [0.1, 0.15) is 0 Å². The lowest BCUT2D eigenvalue weighted by atomic mass is 10.1. The summed E-state index contributed by atoms with van der Waals surface area (Å²) in [5.74, 6) is 0. The topological polar surface area (TPSA) is 24.5 Å². The van der Waals surface area contributed by atoms with Crippen molar-refractivity contribution in [1.82, 2.24) is 10.2 Å². The van der Waals surface area contributed by atoms with Crippen LogP contribution in [0.15, 0.2) is 0 Å². The summed E-state index contributed by atoms with van der Waals surface area (Å²) in [6.07, 6.45) is 4.07. The summed E-state index contributed by atoms with van der Waals surface area (Å²) in [5.41, 5.74) is 0. The monoisotopic (exact) mass is 198 g/mol. The Morgan fingerprint density at radius 2 is 2.21 bits per heavy atom. The van der Waals surface area contributed by atoms with Crippen LogP contribution in [0.3, 0.4) is 0 Å². The van der Waals surface area contributed by atoms with Crippen LogP contribution >= 0.6 is 0 Å². The fraction of sp³-hybridized carbons (Fsp3) is 1.00. The number of ether oxygens (including phenoxy) is 1. The molecule has 3 heteroatoms. The number of nitrogens with zero attached hydrogens (tertiary/aromatic N) is 1. The van der Waals surface area contributed by atoms with Crippen LogP contribution in [-0.4, -0.2) is 49.8 Å². The lowest BCUT2D eigenvalue weighted by Crippen LogP contribution is -2.54. The largest absolute Gasteiger partial charge is 0.379 e. The number of likely N-dealkylation sites (N-methyl/N-ethyl adjacent to an activating group) is 1. The molecule has 14 heavy (non-hydrogen) atoms. The van der Waals surface area contributed by atoms with E-state index in [2.05, 4.69) is 24.2 Å². The third-order valence-corrected chi connectivity index (χ3v) is 3.70. The Bertz CT molecular complexity index is 186. The molecule has 3 atom stereocenters. The molecule has 1 aliphatic heterocycles. The molecule has 1 aliphatic carbocycles. The van der Waals surface area contributed by atoms with Crippen LogP contribution < -0.4 is 5.32 Å². The zero-order valence-electron chi connectivity index (χ0n) is 9.33. The van der Waals surface area contributed by atoms with Gasteiger partial charge in [0.2, 0.25) is 0 Å². The molecule has 1 saturated heterocycles. The van der Waals surface area contributed by atoms with E-state index >= 15 is 0 Å². The second-order valence-corrected chi connectivity index (χ2v) is 4.56. The van der Waals surface area contributed by atoms with Crippen molar-refractivity contribution in [1.29, 1.82) is 0 Å². The standard InChI is InChI=1S/C11H22N2O/c1-9-8-14-7-6-13(9)11-5-3-4-10(11)12-2/h9-12H,3-8H2,1-2H3. The fourth-order valence-electron chi connectivity index (χ4n) is 2.91. The number of nitrogens with one attached hydrogen (secondary N) is 1. The van der Waals surface area contributed by atoms with Crippen LogP contribution in [-0.2, 0) is 4.74 Å². The van der Waals surface area contributed by atoms with E-state index in [4.69, 9.17) is 4.74 Å². The van der Waals surface area contributed by atoms with Crippen molar-refractivity contribution in [2.75, 3.05) is 26.8 Å². The molecule has 0 radical (unpaired) electrons. The van der Waals surface area contributed by atoms with Crippen molar-refractivity contribution in [3.05, 3.63) is 0 Å². The highest BCUT2D eigenvalue weighted by atomic mass is 16.5. The molecule has 3 unspecified atom stereocenters. The van der Waals surface area contributed by atoms with Gasteiger partial charge >= 0.3 is 0 Å². The van der Waals surface area contributed by atoms with E-state index in [-0.39, 0.29) is 0 Å². The van der Waals surface area contributed by atoms with Crippen LogP contribution in [0, 0.1) is 0 Å². The second-order valence-electron chi connectivity index (χ2n) is 4.56. The molecular weight excluding hydrogens is 176 g/mol. The van der Waals surface area contributed by atoms with E-state index in [1.54, 1.807) is 0 Å². The van der Waals surface area contributed by atoms with Crippen molar-refractivity contribution < 1.29 is 4.74 Å². The smallest absolute Gasteiger partial charge is 0.0619 e. The van der Waals surface area contributed by atoms with E-state index in [1.807, 2.05) is 0 Å². The third-order valence-electron chi connectivity index (χ3n) is 3.70. The van der Waals surface area contributed by atoms with Crippen LogP contribution in [0.2, 0.25) is 0 Å². The molecular formula is C11H22N2O. The molecule has 0 aromatic rings. The number of hydrogen-bond donors (Lipinski definition) is 1. The fourth-order valence-corrected chi connectivity index (χ4v) is 2.91. The maximum absolute atomic E-state index is 5.48. The first-order valence-corrected chi connectivity index (χ1v) is 5.83. The summed E-state index contributed by atoms with van der Waals surface area (Å²) in [6.45, 7) is 5.22. The molecule has 0 spiro atoms. The van der Waals surface area contributed by atoms with Crippen LogP contribution in [0.4, 0.5) is 0 Å². The van der Waals surface area contributed by atoms with Crippen LogP contribution in [0.5, 0.6) is 0 Å². The van der Waals surface area contributed by atoms with Gasteiger partial charge in [0, 0.05) is 24.7 Å². The zero-order valence-corrected chi connectivity index (χ0v) is 9.33. The summed E-state index contributed by atoms with van der Waals surface area (Å²) >= 11 is 0. The Morgan fingerprint density at radius 1 is 1.36 bits per heavy atom. The Labute approximate surface area is 86.8 Å². The average molecular weight is 198 g/mol. The summed E-state index contributed by atoms with van der Waals surface area (Å²) in [5, 5.41) is 3.45. The summed E-state index contributed by atoms with van der Waals surface area (Å²) in [4.78, 5) is 2.64. The highest BCUT2D eigenvalue weighted by molar-refractivity contribution is 4.92. The normalized spacial score (nSPS) is 40.3. The lowest BCUT2D eigenvalue weighted by Gasteiger charge is -2.40. The van der Waals surface area contributed by atoms with Crippen LogP contribution in [0.25, 0.3) is 0 Å². The van der Waals surface area contributed by atoms with Gasteiger partial charge in [0.25, 0.3) is 0 Å². The van der Waals surface area contributed by atoms with E-state index < -0.39 is 0 Å². The quantitative estimate of drug-likeness (QED) is 0.712. The third kappa shape index (κ3) is 1.95. The molecule has 0 amide bonds. The molecule has 3 nitrogen and oxygen atoms in total. The molecule has 2 aliphatic rings. The highest BCUT2D eigenvalue weighted by Crippen LogP contribution is 2.26. The molecule has 2 rings (SSSR count). The number of hydrogen-bond acceptors (Lipinski definition) is 3. The molecule has 2 fully saturated rings. The molecule has 0 aromatic carbocycles. The van der Waals surface area contributed by atoms with Gasteiger partial charge in [-0.3, -0.25) is 4.90 Å². The second kappa shape index (κ2) is 4.60. The van der Waals surface area contributed by atoms with Crippen molar-refractivity contribution in [3.63, 3.8) is 0 Å². The van der Waals surface area contributed by atoms with Gasteiger partial charge in [-0.2, -0.15) is 0 Å². The van der Waals surface area contributed by atoms with Gasteiger partial charge in [-0.25, -0.2) is 0 Å². The van der Waals surface area contributed by atoms with Crippen molar-refractivity contribution in [3.8, 4) is 0 Å². The molecule has 82 valence electrons. The van der Waals surface area contributed by atoms with Crippen LogP contribution in [0.1, 0.15) is 26.2 Å². The zero-order chi connectivity index (χ0) is 9.97. The van der Waals surface area contributed by atoms with E-state index in [0.29, 0.717) is 12.1 Å². The van der Waals surface area contributed by atoms with E-state index in [0.717, 1.165) is 25.8 Å². The maximum Gasteiger partial charge on any atom is 0.0619 e. The van der Waals surface area contributed by atoms with E-state index in [9.17, 15) is 0 Å². The first-order valence-electron chi connectivity index (χ1n) is 5.83. The minimum Gasteiger partial charge on any atom is -0.379 e. The molecule has 0 aromatic heterocycles. The first-order chi connectivity index (χ1) is 6.83. The SMILES string of the molecule is CNC1CCCC1N1CCOCC1C. The Balaban J connectivity index is 1.97. The Kier molecular flexibility index (Phi) is 3.42. The first kappa shape index (κ1) is 10.4. The average Bonchev–Trinajstić information content (AvgIpc) is 2.66. The van der Waals surface area contributed by atoms with Gasteiger partial charge in [0.15, 0.2) is 0 Å². The molecule has 0 bridgehead atoms. The van der Waals surface area contributed by atoms with Gasteiger partial charge in [-0.1, -0.05) is 6.42 Å². The van der Waals surface area contributed by atoms with Gasteiger partial charge in [-0.05, 0) is 26.8 Å². The predicted octanol–water partition coefficient (Wildman–Crippen LogP) is 0.848. The number of morpholine rings is 1. The molecule has 1 heterocycles. The minimum atomic E-state index is 0.600. The predicted molar refractivity (Wildman–Crippen MR) is 57.5 cm³/mol. The number of rotatable bonds is 2. The highest BCUT2D eigenvalue weighted by Gasteiger charge is 2.34. The summed E-state index contributed by atoms with van der Waals surface area (Å²) < 4.78 is 5.48. The maximum atomic E-state index is 5.48. The molecule has 1 N–H and O–H groups in total. The van der Waals surface area contributed by atoms with Crippen molar-refractivity contribution in [2.45, 2.75) is 44.3 Å². The van der Waals surface area contributed by atoms with Crippen molar-refractivity contribution in [2.24, 2.45) is 0 Å².